The summed E-state index contributed by atoms with van der Waals surface area (Å²) in [5.41, 5.74) is 2.89. The Morgan fingerprint density at radius 1 is 1.16 bits per heavy atom. The molecule has 0 heterocycles. The van der Waals surface area contributed by atoms with E-state index in [9.17, 15) is 13.2 Å². The van der Waals surface area contributed by atoms with Gasteiger partial charge in [0.15, 0.2) is 0 Å². The molecule has 3 rings (SSSR count). The van der Waals surface area contributed by atoms with Crippen LogP contribution < -0.4 is 5.32 Å². The van der Waals surface area contributed by atoms with E-state index in [1.807, 2.05) is 6.07 Å². The lowest BCUT2D eigenvalue weighted by molar-refractivity contribution is -0.137. The smallest absolute Gasteiger partial charge is 0.299 e. The number of rotatable bonds is 5. The maximum Gasteiger partial charge on any atom is 0.416 e. The van der Waals surface area contributed by atoms with Gasteiger partial charge in [0.2, 0.25) is 0 Å². The molecule has 0 aromatic heterocycles. The lowest BCUT2D eigenvalue weighted by atomic mass is 10.1. The quantitative estimate of drug-likeness (QED) is 0.580. The molecule has 0 aliphatic heterocycles. The normalized spacial score (nSPS) is 16.5. The van der Waals surface area contributed by atoms with E-state index in [1.54, 1.807) is 23.9 Å². The molecule has 0 bridgehead atoms. The Bertz CT molecular complexity index is 775. The van der Waals surface area contributed by atoms with Crippen LogP contribution in [0.2, 0.25) is 0 Å². The van der Waals surface area contributed by atoms with Gasteiger partial charge in [0.1, 0.15) is 0 Å². The van der Waals surface area contributed by atoms with Crippen molar-refractivity contribution in [3.05, 3.63) is 64.7 Å². The lowest BCUT2D eigenvalue weighted by Gasteiger charge is -2.13. The van der Waals surface area contributed by atoms with Gasteiger partial charge in [-0.05, 0) is 47.7 Å². The molecule has 1 unspecified atom stereocenters. The second-order valence-electron chi connectivity index (χ2n) is 5.98. The van der Waals surface area contributed by atoms with E-state index in [2.05, 4.69) is 23.4 Å². The third-order valence-corrected chi connectivity index (χ3v) is 5.52. The number of thioether (sulfide) groups is 1. The zero-order valence-corrected chi connectivity index (χ0v) is 14.4. The van der Waals surface area contributed by atoms with Crippen LogP contribution in [0.5, 0.6) is 0 Å². The van der Waals surface area contributed by atoms with Crippen molar-refractivity contribution in [2.45, 2.75) is 35.7 Å². The lowest BCUT2D eigenvalue weighted by Crippen LogP contribution is -2.19. The number of alkyl halides is 3. The zero-order chi connectivity index (χ0) is 17.9. The molecule has 2 aromatic rings. The molecule has 1 aliphatic carbocycles. The zero-order valence-electron chi connectivity index (χ0n) is 13.6. The summed E-state index contributed by atoms with van der Waals surface area (Å²) < 4.78 is 37.9. The predicted octanol–water partition coefficient (Wildman–Crippen LogP) is 5.21. The molecule has 1 nitrogen and oxygen atoms in total. The van der Waals surface area contributed by atoms with Gasteiger partial charge < -0.3 is 0 Å². The first-order chi connectivity index (χ1) is 12.0. The van der Waals surface area contributed by atoms with E-state index < -0.39 is 11.7 Å². The Kier molecular flexibility index (Phi) is 5.41. The Balaban J connectivity index is 1.69. The number of hydrogen-bond donors (Lipinski definition) is 1. The van der Waals surface area contributed by atoms with Gasteiger partial charge in [-0.25, -0.2) is 0 Å². The number of nitrogens with one attached hydrogen (secondary N) is 1. The Morgan fingerprint density at radius 3 is 2.60 bits per heavy atom. The molecule has 0 amide bonds. The molecule has 130 valence electrons. The Labute approximate surface area is 150 Å². The van der Waals surface area contributed by atoms with Crippen molar-refractivity contribution in [3.63, 3.8) is 0 Å². The minimum absolute atomic E-state index is 0.290. The summed E-state index contributed by atoms with van der Waals surface area (Å²) in [5, 5.41) is 3.36. The van der Waals surface area contributed by atoms with Crippen LogP contribution in [0.3, 0.4) is 0 Å². The van der Waals surface area contributed by atoms with Crippen LogP contribution in [0.4, 0.5) is 13.2 Å². The highest BCUT2D eigenvalue weighted by Crippen LogP contribution is 2.38. The number of halogens is 3. The van der Waals surface area contributed by atoms with Gasteiger partial charge in [0.05, 0.1) is 12.1 Å². The third kappa shape index (κ3) is 4.20. The summed E-state index contributed by atoms with van der Waals surface area (Å²) in [6.07, 6.45) is 3.05. The van der Waals surface area contributed by atoms with E-state index >= 15 is 0 Å². The van der Waals surface area contributed by atoms with Gasteiger partial charge in [0.25, 0.3) is 0 Å². The Hall–Kier alpha value is -1.90. The van der Waals surface area contributed by atoms with Crippen LogP contribution in [0.15, 0.2) is 47.4 Å². The summed E-state index contributed by atoms with van der Waals surface area (Å²) >= 11 is 1.67. The molecule has 0 radical (unpaired) electrons. The van der Waals surface area contributed by atoms with Crippen LogP contribution in [0.1, 0.15) is 34.7 Å². The van der Waals surface area contributed by atoms with Gasteiger partial charge >= 0.3 is 6.18 Å². The first-order valence-electron chi connectivity index (χ1n) is 8.06. The molecule has 0 saturated carbocycles. The largest absolute Gasteiger partial charge is 0.416 e. The fraction of sp³-hybridized carbons (Fsp3) is 0.300. The predicted molar refractivity (Wildman–Crippen MR) is 95.3 cm³/mol. The van der Waals surface area contributed by atoms with E-state index in [4.69, 9.17) is 6.42 Å². The fourth-order valence-electron chi connectivity index (χ4n) is 3.10. The third-order valence-electron chi connectivity index (χ3n) is 4.35. The fourth-order valence-corrected chi connectivity index (χ4v) is 4.18. The van der Waals surface area contributed by atoms with Crippen molar-refractivity contribution in [3.8, 4) is 12.3 Å². The maximum absolute atomic E-state index is 12.6. The molecule has 0 fully saturated rings. The van der Waals surface area contributed by atoms with Crippen molar-refractivity contribution in [2.24, 2.45) is 0 Å². The monoisotopic (exact) mass is 361 g/mol. The molecule has 25 heavy (non-hydrogen) atoms. The van der Waals surface area contributed by atoms with Crippen LogP contribution in [-0.2, 0) is 18.3 Å². The van der Waals surface area contributed by atoms with Gasteiger partial charge in [-0.1, -0.05) is 30.2 Å². The summed E-state index contributed by atoms with van der Waals surface area (Å²) in [6, 6.07) is 11.9. The topological polar surface area (TPSA) is 12.0 Å². The highest BCUT2D eigenvalue weighted by molar-refractivity contribution is 7.98. The van der Waals surface area contributed by atoms with Gasteiger partial charge in [0, 0.05) is 16.7 Å². The van der Waals surface area contributed by atoms with Crippen LogP contribution in [0, 0.1) is 12.3 Å². The first-order valence-corrected chi connectivity index (χ1v) is 9.05. The molecule has 2 aromatic carbocycles. The molecular formula is C20H18F3NS. The maximum atomic E-state index is 12.6. The number of terminal acetylenes is 1. The van der Waals surface area contributed by atoms with Gasteiger partial charge in [-0.15, -0.1) is 18.2 Å². The van der Waals surface area contributed by atoms with E-state index in [-0.39, 0.29) is 6.04 Å². The van der Waals surface area contributed by atoms with Crippen LogP contribution >= 0.6 is 11.8 Å². The molecule has 0 spiro atoms. The average molecular weight is 361 g/mol. The van der Waals surface area contributed by atoms with Gasteiger partial charge in [-0.3, -0.25) is 5.32 Å². The highest BCUT2D eigenvalue weighted by Gasteiger charge is 2.30. The molecule has 1 atom stereocenters. The van der Waals surface area contributed by atoms with E-state index in [1.165, 1.54) is 16.0 Å². The standard InChI is InChI=1S/C20H18F3NS/c1-2-12-24-18-11-10-17-16(18)4-3-5-19(17)25-13-14-6-8-15(9-7-14)20(21,22)23/h1,3-9,18,24H,10-13H2. The summed E-state index contributed by atoms with van der Waals surface area (Å²) in [7, 11) is 0. The van der Waals surface area contributed by atoms with Crippen LogP contribution in [0.25, 0.3) is 0 Å². The summed E-state index contributed by atoms with van der Waals surface area (Å²) in [6.45, 7) is 0.549. The highest BCUT2D eigenvalue weighted by atomic mass is 32.2. The van der Waals surface area contributed by atoms with Crippen molar-refractivity contribution < 1.29 is 13.2 Å². The molecular weight excluding hydrogens is 343 g/mol. The molecule has 5 heteroatoms. The minimum atomic E-state index is -4.29. The van der Waals surface area contributed by atoms with Crippen molar-refractivity contribution >= 4 is 11.8 Å². The minimum Gasteiger partial charge on any atom is -0.299 e. The number of hydrogen-bond acceptors (Lipinski definition) is 2. The number of fused-ring (bicyclic) bond motifs is 1. The second kappa shape index (κ2) is 7.55. The second-order valence-corrected chi connectivity index (χ2v) is 7.00. The van der Waals surface area contributed by atoms with Crippen molar-refractivity contribution in [2.75, 3.05) is 6.54 Å². The Morgan fingerprint density at radius 2 is 1.92 bits per heavy atom. The van der Waals surface area contributed by atoms with E-state index in [0.29, 0.717) is 12.3 Å². The summed E-state index contributed by atoms with van der Waals surface area (Å²) in [4.78, 5) is 1.20. The van der Waals surface area contributed by atoms with Crippen LogP contribution in [-0.4, -0.2) is 6.54 Å². The first kappa shape index (κ1) is 17.9. The van der Waals surface area contributed by atoms with Crippen molar-refractivity contribution in [1.29, 1.82) is 0 Å². The average Bonchev–Trinajstić information content (AvgIpc) is 3.01. The molecule has 1 N–H and O–H groups in total. The molecule has 1 aliphatic rings. The van der Waals surface area contributed by atoms with Gasteiger partial charge in [-0.2, -0.15) is 13.2 Å². The van der Waals surface area contributed by atoms with Crippen molar-refractivity contribution in [1.82, 2.24) is 5.32 Å². The SMILES string of the molecule is C#CCNC1CCc2c(SCc3ccc(C(F)(F)F)cc3)cccc21. The molecule has 0 saturated heterocycles. The number of benzene rings is 2. The van der Waals surface area contributed by atoms with E-state index in [0.717, 1.165) is 30.5 Å². The summed E-state index contributed by atoms with van der Waals surface area (Å²) in [5.74, 6) is 3.26.